The van der Waals surface area contributed by atoms with E-state index in [0.717, 1.165) is 17.2 Å². The number of benzene rings is 2. The maximum atomic E-state index is 11.9. The summed E-state index contributed by atoms with van der Waals surface area (Å²) in [5.74, 6) is -0.552. The topological polar surface area (TPSA) is 84.6 Å². The second kappa shape index (κ2) is 6.82. The number of hydrogen-bond donors (Lipinski definition) is 1. The first-order valence-corrected chi connectivity index (χ1v) is 6.69. The van der Waals surface area contributed by atoms with Gasteiger partial charge in [0, 0.05) is 11.6 Å². The Bertz CT molecular complexity index is 759. The SMILES string of the molecule is Cc1cccc(C=NNC(=O)c2ccc(Cl)c([N+](=O)[O-])c2)c1. The molecule has 0 heterocycles. The molecule has 0 aliphatic carbocycles. The normalized spacial score (nSPS) is 10.6. The van der Waals surface area contributed by atoms with E-state index >= 15 is 0 Å². The number of hydrazone groups is 1. The minimum atomic E-state index is -0.644. The minimum Gasteiger partial charge on any atom is -0.267 e. The van der Waals surface area contributed by atoms with Crippen LogP contribution in [0.2, 0.25) is 5.02 Å². The molecule has 0 spiro atoms. The fourth-order valence-corrected chi connectivity index (χ4v) is 1.96. The van der Waals surface area contributed by atoms with Crippen LogP contribution in [0.1, 0.15) is 21.5 Å². The van der Waals surface area contributed by atoms with Crippen molar-refractivity contribution in [3.8, 4) is 0 Å². The van der Waals surface area contributed by atoms with Crippen LogP contribution in [0.5, 0.6) is 0 Å². The summed E-state index contributed by atoms with van der Waals surface area (Å²) in [5, 5.41) is 14.6. The quantitative estimate of drug-likeness (QED) is 0.533. The number of hydrogen-bond acceptors (Lipinski definition) is 4. The van der Waals surface area contributed by atoms with Gasteiger partial charge in [0.15, 0.2) is 0 Å². The highest BCUT2D eigenvalue weighted by Crippen LogP contribution is 2.24. The summed E-state index contributed by atoms with van der Waals surface area (Å²) < 4.78 is 0. The van der Waals surface area contributed by atoms with E-state index in [1.165, 1.54) is 18.3 Å². The predicted octanol–water partition coefficient (Wildman–Crippen LogP) is 3.32. The first-order valence-electron chi connectivity index (χ1n) is 6.31. The molecule has 0 bridgehead atoms. The summed E-state index contributed by atoms with van der Waals surface area (Å²) in [4.78, 5) is 22.0. The van der Waals surface area contributed by atoms with Gasteiger partial charge in [-0.1, -0.05) is 41.4 Å². The number of aryl methyl sites for hydroxylation is 1. The predicted molar refractivity (Wildman–Crippen MR) is 84.3 cm³/mol. The number of nitrogens with zero attached hydrogens (tertiary/aromatic N) is 2. The zero-order valence-corrected chi connectivity index (χ0v) is 12.4. The third kappa shape index (κ3) is 3.89. The van der Waals surface area contributed by atoms with Crippen LogP contribution in [0.25, 0.3) is 0 Å². The van der Waals surface area contributed by atoms with Crippen molar-refractivity contribution in [3.05, 3.63) is 74.3 Å². The Kier molecular flexibility index (Phi) is 4.85. The first kappa shape index (κ1) is 15.7. The summed E-state index contributed by atoms with van der Waals surface area (Å²) in [6, 6.07) is 11.4. The Hall–Kier alpha value is -2.73. The van der Waals surface area contributed by atoms with Crippen LogP contribution in [-0.2, 0) is 0 Å². The average Bonchev–Trinajstić information content (AvgIpc) is 2.47. The lowest BCUT2D eigenvalue weighted by atomic mass is 10.2. The fourth-order valence-electron chi connectivity index (χ4n) is 1.77. The third-order valence-corrected chi connectivity index (χ3v) is 3.15. The highest BCUT2D eigenvalue weighted by atomic mass is 35.5. The maximum absolute atomic E-state index is 11.9. The number of nitrogens with one attached hydrogen (secondary N) is 1. The van der Waals surface area contributed by atoms with Crippen molar-refractivity contribution in [2.45, 2.75) is 6.92 Å². The molecule has 1 amide bonds. The molecule has 0 fully saturated rings. The van der Waals surface area contributed by atoms with Gasteiger partial charge in [0.25, 0.3) is 11.6 Å². The summed E-state index contributed by atoms with van der Waals surface area (Å²) in [6.07, 6.45) is 1.50. The summed E-state index contributed by atoms with van der Waals surface area (Å²) >= 11 is 5.69. The average molecular weight is 318 g/mol. The van der Waals surface area contributed by atoms with Crippen molar-refractivity contribution in [3.63, 3.8) is 0 Å². The molecular formula is C15H12ClN3O3. The molecule has 7 heteroatoms. The molecule has 2 rings (SSSR count). The zero-order valence-electron chi connectivity index (χ0n) is 11.6. The largest absolute Gasteiger partial charge is 0.288 e. The molecule has 0 unspecified atom stereocenters. The van der Waals surface area contributed by atoms with Gasteiger partial charge in [-0.25, -0.2) is 5.43 Å². The minimum absolute atomic E-state index is 0.0233. The lowest BCUT2D eigenvalue weighted by molar-refractivity contribution is -0.384. The van der Waals surface area contributed by atoms with Crippen LogP contribution in [0, 0.1) is 17.0 Å². The Morgan fingerprint density at radius 3 is 2.77 bits per heavy atom. The van der Waals surface area contributed by atoms with Gasteiger partial charge in [-0.05, 0) is 24.6 Å². The van der Waals surface area contributed by atoms with Gasteiger partial charge in [-0.2, -0.15) is 5.10 Å². The molecule has 0 saturated heterocycles. The number of amides is 1. The maximum Gasteiger partial charge on any atom is 0.288 e. The molecule has 0 aromatic heterocycles. The summed E-state index contributed by atoms with van der Waals surface area (Å²) in [7, 11) is 0. The summed E-state index contributed by atoms with van der Waals surface area (Å²) in [5.41, 5.74) is 4.01. The Labute approximate surface area is 131 Å². The van der Waals surface area contributed by atoms with Crippen LogP contribution in [0.15, 0.2) is 47.6 Å². The van der Waals surface area contributed by atoms with Crippen molar-refractivity contribution >= 4 is 29.4 Å². The van der Waals surface area contributed by atoms with E-state index < -0.39 is 10.8 Å². The van der Waals surface area contributed by atoms with E-state index in [-0.39, 0.29) is 16.3 Å². The van der Waals surface area contributed by atoms with Gasteiger partial charge >= 0.3 is 0 Å². The molecule has 0 radical (unpaired) electrons. The number of rotatable bonds is 4. The molecule has 6 nitrogen and oxygen atoms in total. The second-order valence-electron chi connectivity index (χ2n) is 4.54. The zero-order chi connectivity index (χ0) is 16.1. The Morgan fingerprint density at radius 2 is 2.09 bits per heavy atom. The van der Waals surface area contributed by atoms with E-state index in [2.05, 4.69) is 10.5 Å². The monoisotopic (exact) mass is 317 g/mol. The van der Waals surface area contributed by atoms with E-state index in [0.29, 0.717) is 0 Å². The number of carbonyl (C=O) groups is 1. The molecule has 1 N–H and O–H groups in total. The lowest BCUT2D eigenvalue weighted by Crippen LogP contribution is -2.17. The number of carbonyl (C=O) groups excluding carboxylic acids is 1. The molecule has 0 aliphatic heterocycles. The molecule has 22 heavy (non-hydrogen) atoms. The van der Waals surface area contributed by atoms with Crippen LogP contribution in [0.4, 0.5) is 5.69 Å². The van der Waals surface area contributed by atoms with Crippen LogP contribution in [0.3, 0.4) is 0 Å². The molecule has 0 saturated carbocycles. The first-order chi connectivity index (χ1) is 10.5. The second-order valence-corrected chi connectivity index (χ2v) is 4.94. The summed E-state index contributed by atoms with van der Waals surface area (Å²) in [6.45, 7) is 1.95. The van der Waals surface area contributed by atoms with Crippen LogP contribution < -0.4 is 5.43 Å². The van der Waals surface area contributed by atoms with Crippen molar-refractivity contribution in [2.24, 2.45) is 5.10 Å². The Balaban J connectivity index is 2.09. The van der Waals surface area contributed by atoms with Crippen molar-refractivity contribution < 1.29 is 9.72 Å². The van der Waals surface area contributed by atoms with E-state index in [1.807, 2.05) is 31.2 Å². The highest BCUT2D eigenvalue weighted by Gasteiger charge is 2.15. The van der Waals surface area contributed by atoms with Crippen molar-refractivity contribution in [2.75, 3.05) is 0 Å². The van der Waals surface area contributed by atoms with E-state index in [1.54, 1.807) is 0 Å². The highest BCUT2D eigenvalue weighted by molar-refractivity contribution is 6.32. The molecular weight excluding hydrogens is 306 g/mol. The number of nitro groups is 1. The fraction of sp³-hybridized carbons (Fsp3) is 0.0667. The van der Waals surface area contributed by atoms with Crippen molar-refractivity contribution in [1.29, 1.82) is 0 Å². The number of nitro benzene ring substituents is 1. The van der Waals surface area contributed by atoms with Gasteiger partial charge in [0.05, 0.1) is 11.1 Å². The van der Waals surface area contributed by atoms with Crippen molar-refractivity contribution in [1.82, 2.24) is 5.43 Å². The molecule has 112 valence electrons. The van der Waals surface area contributed by atoms with Crippen LogP contribution >= 0.6 is 11.6 Å². The molecule has 0 aliphatic rings. The lowest BCUT2D eigenvalue weighted by Gasteiger charge is -2.01. The Morgan fingerprint density at radius 1 is 1.32 bits per heavy atom. The van der Waals surface area contributed by atoms with Gasteiger partial charge in [0.2, 0.25) is 0 Å². The molecule has 2 aromatic rings. The molecule has 0 atom stereocenters. The van der Waals surface area contributed by atoms with E-state index in [9.17, 15) is 14.9 Å². The van der Waals surface area contributed by atoms with Gasteiger partial charge in [0.1, 0.15) is 5.02 Å². The standard InChI is InChI=1S/C15H12ClN3O3/c1-10-3-2-4-11(7-10)9-17-18-15(20)12-5-6-13(16)14(8-12)19(21)22/h2-9H,1H3,(H,18,20). The van der Waals surface area contributed by atoms with Gasteiger partial charge in [-0.3, -0.25) is 14.9 Å². The van der Waals surface area contributed by atoms with Gasteiger partial charge < -0.3 is 0 Å². The van der Waals surface area contributed by atoms with E-state index in [4.69, 9.17) is 11.6 Å². The smallest absolute Gasteiger partial charge is 0.267 e. The van der Waals surface area contributed by atoms with Crippen LogP contribution in [-0.4, -0.2) is 17.0 Å². The third-order valence-electron chi connectivity index (χ3n) is 2.83. The van der Waals surface area contributed by atoms with Gasteiger partial charge in [-0.15, -0.1) is 0 Å². The molecule has 2 aromatic carbocycles. The number of halogens is 1.